The average Bonchev–Trinajstić information content (AvgIpc) is 2.52. The smallest absolute Gasteiger partial charge is 0.311 e. The molecule has 22 heavy (non-hydrogen) atoms. The number of ether oxygens (including phenoxy) is 3. The van der Waals surface area contributed by atoms with Crippen LogP contribution in [0.15, 0.2) is 18.3 Å². The molecule has 0 saturated heterocycles. The Morgan fingerprint density at radius 3 is 2.59 bits per heavy atom. The fourth-order valence-corrected chi connectivity index (χ4v) is 1.80. The minimum Gasteiger partial charge on any atom is -0.494 e. The highest BCUT2D eigenvalue weighted by Crippen LogP contribution is 2.30. The molecule has 0 aliphatic rings. The van der Waals surface area contributed by atoms with Crippen molar-refractivity contribution < 1.29 is 23.8 Å². The number of rotatable bonds is 5. The number of nitrogens with two attached hydrogens (primary N) is 1. The van der Waals surface area contributed by atoms with Crippen molar-refractivity contribution in [1.29, 1.82) is 0 Å². The standard InChI is InChI=1S/C14H15N3O5/c1-20-10-6-9(22-12(19)4-3-11(18)21-2)5-8-7-16-14(15)17-13(8)10/h5-7H,3-4H2,1-2H3,(H2,15,16,17). The van der Waals surface area contributed by atoms with Crippen molar-refractivity contribution in [3.8, 4) is 11.5 Å². The molecule has 8 heteroatoms. The Kier molecular flexibility index (Phi) is 4.72. The molecule has 0 saturated carbocycles. The van der Waals surface area contributed by atoms with Crippen LogP contribution in [0.3, 0.4) is 0 Å². The van der Waals surface area contributed by atoms with Gasteiger partial charge in [0, 0.05) is 17.6 Å². The molecule has 0 radical (unpaired) electrons. The van der Waals surface area contributed by atoms with Crippen LogP contribution in [0.4, 0.5) is 5.95 Å². The van der Waals surface area contributed by atoms with Crippen LogP contribution >= 0.6 is 0 Å². The number of carbonyl (C=O) groups excluding carboxylic acids is 2. The largest absolute Gasteiger partial charge is 0.494 e. The highest BCUT2D eigenvalue weighted by molar-refractivity contribution is 5.87. The quantitative estimate of drug-likeness (QED) is 0.644. The zero-order valence-corrected chi connectivity index (χ0v) is 12.2. The van der Waals surface area contributed by atoms with E-state index in [2.05, 4.69) is 14.7 Å². The number of anilines is 1. The van der Waals surface area contributed by atoms with Crippen LogP contribution < -0.4 is 15.2 Å². The molecule has 0 fully saturated rings. The summed E-state index contributed by atoms with van der Waals surface area (Å²) in [6.07, 6.45) is 1.39. The molecule has 1 aromatic carbocycles. The molecule has 2 N–H and O–H groups in total. The van der Waals surface area contributed by atoms with Gasteiger partial charge in [-0.15, -0.1) is 0 Å². The molecule has 0 aliphatic heterocycles. The number of nitrogen functional groups attached to an aromatic ring is 1. The molecule has 0 bridgehead atoms. The van der Waals surface area contributed by atoms with Gasteiger partial charge in [-0.05, 0) is 6.07 Å². The third-order valence-electron chi connectivity index (χ3n) is 2.85. The summed E-state index contributed by atoms with van der Waals surface area (Å²) in [4.78, 5) is 30.7. The summed E-state index contributed by atoms with van der Waals surface area (Å²) < 4.78 is 14.8. The maximum atomic E-state index is 11.7. The number of esters is 2. The van der Waals surface area contributed by atoms with E-state index < -0.39 is 11.9 Å². The van der Waals surface area contributed by atoms with E-state index in [1.54, 1.807) is 6.07 Å². The molecule has 1 aromatic heterocycles. The Morgan fingerprint density at radius 1 is 1.18 bits per heavy atom. The lowest BCUT2D eigenvalue weighted by molar-refractivity contribution is -0.144. The summed E-state index contributed by atoms with van der Waals surface area (Å²) in [5, 5.41) is 0.615. The van der Waals surface area contributed by atoms with Gasteiger partial charge in [0.1, 0.15) is 17.0 Å². The predicted octanol–water partition coefficient (Wildman–Crippen LogP) is 1.08. The van der Waals surface area contributed by atoms with Crippen molar-refractivity contribution >= 4 is 28.8 Å². The van der Waals surface area contributed by atoms with Crippen LogP contribution in [0.2, 0.25) is 0 Å². The first-order chi connectivity index (χ1) is 10.5. The van der Waals surface area contributed by atoms with E-state index in [0.29, 0.717) is 16.7 Å². The summed E-state index contributed by atoms with van der Waals surface area (Å²) >= 11 is 0. The van der Waals surface area contributed by atoms with Crippen LogP contribution in [-0.4, -0.2) is 36.1 Å². The van der Waals surface area contributed by atoms with Crippen molar-refractivity contribution in [3.63, 3.8) is 0 Å². The molecule has 0 atom stereocenters. The topological polar surface area (TPSA) is 114 Å². The lowest BCUT2D eigenvalue weighted by atomic mass is 10.2. The third kappa shape index (κ3) is 3.60. The van der Waals surface area contributed by atoms with Gasteiger partial charge in [-0.2, -0.15) is 0 Å². The average molecular weight is 305 g/mol. The Morgan fingerprint density at radius 2 is 1.91 bits per heavy atom. The van der Waals surface area contributed by atoms with Crippen LogP contribution in [-0.2, 0) is 14.3 Å². The minimum atomic E-state index is -0.553. The Labute approximate surface area is 126 Å². The van der Waals surface area contributed by atoms with Crippen molar-refractivity contribution in [2.24, 2.45) is 0 Å². The number of nitrogens with zero attached hydrogens (tertiary/aromatic N) is 2. The number of hydrogen-bond acceptors (Lipinski definition) is 8. The van der Waals surface area contributed by atoms with Crippen LogP contribution in [0.5, 0.6) is 11.5 Å². The van der Waals surface area contributed by atoms with E-state index in [9.17, 15) is 9.59 Å². The van der Waals surface area contributed by atoms with E-state index in [0.717, 1.165) is 0 Å². The highest BCUT2D eigenvalue weighted by Gasteiger charge is 2.13. The predicted molar refractivity (Wildman–Crippen MR) is 77.4 cm³/mol. The second-order valence-corrected chi connectivity index (χ2v) is 4.34. The number of hydrogen-bond donors (Lipinski definition) is 1. The molecule has 116 valence electrons. The molecular weight excluding hydrogens is 290 g/mol. The van der Waals surface area contributed by atoms with Crippen LogP contribution in [0, 0.1) is 0 Å². The molecular formula is C14H15N3O5. The van der Waals surface area contributed by atoms with Crippen molar-refractivity contribution in [1.82, 2.24) is 9.97 Å². The van der Waals surface area contributed by atoms with Crippen LogP contribution in [0.25, 0.3) is 10.9 Å². The van der Waals surface area contributed by atoms with Crippen molar-refractivity contribution in [3.05, 3.63) is 18.3 Å². The minimum absolute atomic E-state index is 0.0420. The number of methoxy groups -OCH3 is 2. The van der Waals surface area contributed by atoms with Gasteiger partial charge in [0.15, 0.2) is 0 Å². The summed E-state index contributed by atoms with van der Waals surface area (Å²) in [7, 11) is 2.73. The first kappa shape index (κ1) is 15.5. The Hall–Kier alpha value is -2.90. The van der Waals surface area contributed by atoms with E-state index in [1.165, 1.54) is 26.5 Å². The van der Waals surface area contributed by atoms with Gasteiger partial charge in [0.2, 0.25) is 5.95 Å². The molecule has 1 heterocycles. The van der Waals surface area contributed by atoms with E-state index in [-0.39, 0.29) is 24.5 Å². The van der Waals surface area contributed by atoms with Gasteiger partial charge in [-0.3, -0.25) is 9.59 Å². The molecule has 0 unspecified atom stereocenters. The maximum Gasteiger partial charge on any atom is 0.311 e. The molecule has 8 nitrogen and oxygen atoms in total. The number of aromatic nitrogens is 2. The van der Waals surface area contributed by atoms with E-state index in [4.69, 9.17) is 15.2 Å². The third-order valence-corrected chi connectivity index (χ3v) is 2.85. The summed E-state index contributed by atoms with van der Waals surface area (Å²) in [6.45, 7) is 0. The number of carbonyl (C=O) groups is 2. The monoisotopic (exact) mass is 305 g/mol. The second kappa shape index (κ2) is 6.70. The molecule has 0 spiro atoms. The van der Waals surface area contributed by atoms with Gasteiger partial charge in [-0.1, -0.05) is 0 Å². The zero-order valence-electron chi connectivity index (χ0n) is 12.2. The molecule has 2 aromatic rings. The lowest BCUT2D eigenvalue weighted by Crippen LogP contribution is -2.11. The summed E-state index contributed by atoms with van der Waals surface area (Å²) in [6, 6.07) is 3.11. The van der Waals surface area contributed by atoms with E-state index >= 15 is 0 Å². The Bertz CT molecular complexity index is 717. The fraction of sp³-hybridized carbons (Fsp3) is 0.286. The van der Waals surface area contributed by atoms with Crippen molar-refractivity contribution in [2.45, 2.75) is 12.8 Å². The molecule has 0 amide bonds. The summed E-state index contributed by atoms with van der Waals surface area (Å²) in [5.74, 6) is -0.233. The summed E-state index contributed by atoms with van der Waals surface area (Å²) in [5.41, 5.74) is 6.06. The SMILES string of the molecule is COC(=O)CCC(=O)Oc1cc(OC)c2nc(N)ncc2c1. The van der Waals surface area contributed by atoms with Gasteiger partial charge < -0.3 is 19.9 Å². The number of benzene rings is 1. The maximum absolute atomic E-state index is 11.7. The zero-order chi connectivity index (χ0) is 16.1. The second-order valence-electron chi connectivity index (χ2n) is 4.34. The van der Waals surface area contributed by atoms with Gasteiger partial charge in [-0.25, -0.2) is 9.97 Å². The first-order valence-corrected chi connectivity index (χ1v) is 6.41. The van der Waals surface area contributed by atoms with Crippen LogP contribution in [0.1, 0.15) is 12.8 Å². The number of fused-ring (bicyclic) bond motifs is 1. The van der Waals surface area contributed by atoms with E-state index in [1.807, 2.05) is 0 Å². The first-order valence-electron chi connectivity index (χ1n) is 6.41. The van der Waals surface area contributed by atoms with Gasteiger partial charge in [0.05, 0.1) is 27.1 Å². The van der Waals surface area contributed by atoms with Crippen molar-refractivity contribution in [2.75, 3.05) is 20.0 Å². The molecule has 0 aliphatic carbocycles. The van der Waals surface area contributed by atoms with Gasteiger partial charge in [0.25, 0.3) is 0 Å². The lowest BCUT2D eigenvalue weighted by Gasteiger charge is -2.09. The normalized spacial score (nSPS) is 10.3. The van der Waals surface area contributed by atoms with Gasteiger partial charge >= 0.3 is 11.9 Å². The molecule has 2 rings (SSSR count). The Balaban J connectivity index is 2.19. The highest BCUT2D eigenvalue weighted by atomic mass is 16.5. The fourth-order valence-electron chi connectivity index (χ4n) is 1.80.